The Morgan fingerprint density at radius 1 is 1.20 bits per heavy atom. The summed E-state index contributed by atoms with van der Waals surface area (Å²) in [7, 11) is 1.64. The van der Waals surface area contributed by atoms with Crippen LogP contribution >= 0.6 is 11.6 Å². The number of rotatable bonds is 8. The third-order valence-corrected chi connectivity index (χ3v) is 4.45. The van der Waals surface area contributed by atoms with E-state index in [0.717, 1.165) is 0 Å². The number of anilines is 1. The lowest BCUT2D eigenvalue weighted by atomic mass is 10.2. The van der Waals surface area contributed by atoms with Gasteiger partial charge in [-0.05, 0) is 24.1 Å². The van der Waals surface area contributed by atoms with Crippen LogP contribution in [0.25, 0.3) is 0 Å². The van der Waals surface area contributed by atoms with Crippen molar-refractivity contribution in [2.24, 2.45) is 13.0 Å². The van der Waals surface area contributed by atoms with Crippen LogP contribution in [0.3, 0.4) is 0 Å². The molecule has 0 radical (unpaired) electrons. The summed E-state index contributed by atoms with van der Waals surface area (Å²) in [6, 6.07) is 8.64. The Kier molecular flexibility index (Phi) is 6.73. The Bertz CT molecular complexity index is 1040. The molecule has 0 fully saturated rings. The Labute approximate surface area is 179 Å². The number of benzene rings is 1. The van der Waals surface area contributed by atoms with Crippen molar-refractivity contribution in [1.82, 2.24) is 24.9 Å². The van der Waals surface area contributed by atoms with Gasteiger partial charge < -0.3 is 15.4 Å². The molecule has 0 bridgehead atoms. The summed E-state index contributed by atoms with van der Waals surface area (Å²) in [5.41, 5.74) is 0.756. The number of nitrogens with zero attached hydrogens (tertiary/aromatic N) is 4. The Morgan fingerprint density at radius 3 is 2.70 bits per heavy atom. The summed E-state index contributed by atoms with van der Waals surface area (Å²) in [5, 5.41) is 14.3. The predicted molar refractivity (Wildman–Crippen MR) is 113 cm³/mol. The van der Waals surface area contributed by atoms with E-state index < -0.39 is 5.91 Å². The van der Waals surface area contributed by atoms with Gasteiger partial charge in [-0.15, -0.1) is 0 Å². The van der Waals surface area contributed by atoms with Gasteiger partial charge in [0.2, 0.25) is 0 Å². The van der Waals surface area contributed by atoms with Crippen molar-refractivity contribution in [3.63, 3.8) is 0 Å². The van der Waals surface area contributed by atoms with Crippen LogP contribution in [0, 0.1) is 5.92 Å². The standard InChI is InChI=1S/C20H23ClN6O3/c1-13(2)10-22-20(29)18-16(11-23-26(18)3)24-19(28)15-8-9-27(25-15)12-30-17-7-5-4-6-14(17)21/h4-9,11,13H,10,12H2,1-3H3,(H,22,29)(H,24,28). The van der Waals surface area contributed by atoms with Gasteiger partial charge in [0.05, 0.1) is 16.9 Å². The van der Waals surface area contributed by atoms with Crippen LogP contribution in [-0.4, -0.2) is 37.9 Å². The van der Waals surface area contributed by atoms with E-state index >= 15 is 0 Å². The number of para-hydroxylation sites is 1. The fraction of sp³-hybridized carbons (Fsp3) is 0.300. The first-order chi connectivity index (χ1) is 14.3. The minimum absolute atomic E-state index is 0.0900. The van der Waals surface area contributed by atoms with Crippen LogP contribution < -0.4 is 15.4 Å². The van der Waals surface area contributed by atoms with Gasteiger partial charge in [0.1, 0.15) is 11.4 Å². The number of amides is 2. The molecule has 2 heterocycles. The third kappa shape index (κ3) is 5.18. The first-order valence-corrected chi connectivity index (χ1v) is 9.75. The zero-order valence-corrected chi connectivity index (χ0v) is 17.7. The topological polar surface area (TPSA) is 103 Å². The molecule has 9 nitrogen and oxygen atoms in total. The van der Waals surface area contributed by atoms with Crippen LogP contribution in [0.5, 0.6) is 5.75 Å². The highest BCUT2D eigenvalue weighted by atomic mass is 35.5. The maximum absolute atomic E-state index is 12.6. The summed E-state index contributed by atoms with van der Waals surface area (Å²) < 4.78 is 8.49. The second-order valence-corrected chi connectivity index (χ2v) is 7.44. The minimum Gasteiger partial charge on any atom is -0.470 e. The quantitative estimate of drug-likeness (QED) is 0.572. The van der Waals surface area contributed by atoms with E-state index in [2.05, 4.69) is 20.8 Å². The molecule has 0 saturated heterocycles. The molecule has 0 saturated carbocycles. The van der Waals surface area contributed by atoms with Crippen molar-refractivity contribution >= 4 is 29.1 Å². The molecule has 10 heteroatoms. The molecule has 3 rings (SSSR count). The van der Waals surface area contributed by atoms with E-state index in [0.29, 0.717) is 28.9 Å². The fourth-order valence-electron chi connectivity index (χ4n) is 2.62. The van der Waals surface area contributed by atoms with Crippen LogP contribution in [-0.2, 0) is 13.8 Å². The maximum atomic E-state index is 12.6. The molecular weight excluding hydrogens is 408 g/mol. The highest BCUT2D eigenvalue weighted by Crippen LogP contribution is 2.23. The minimum atomic E-state index is -0.461. The van der Waals surface area contributed by atoms with Gasteiger partial charge in [-0.3, -0.25) is 14.3 Å². The smallest absolute Gasteiger partial charge is 0.276 e. The lowest BCUT2D eigenvalue weighted by molar-refractivity contribution is 0.0940. The van der Waals surface area contributed by atoms with Crippen molar-refractivity contribution in [1.29, 1.82) is 0 Å². The molecule has 0 aliphatic carbocycles. The molecule has 1 aromatic carbocycles. The zero-order chi connectivity index (χ0) is 21.7. The van der Waals surface area contributed by atoms with Gasteiger partial charge in [-0.1, -0.05) is 37.6 Å². The van der Waals surface area contributed by atoms with E-state index in [-0.39, 0.29) is 24.0 Å². The van der Waals surface area contributed by atoms with Gasteiger partial charge in [0.25, 0.3) is 11.8 Å². The van der Waals surface area contributed by atoms with Gasteiger partial charge in [-0.25, -0.2) is 4.68 Å². The number of aromatic nitrogens is 4. The number of hydrogen-bond acceptors (Lipinski definition) is 5. The Hall–Kier alpha value is -3.33. The van der Waals surface area contributed by atoms with Gasteiger partial charge in [-0.2, -0.15) is 10.2 Å². The average molecular weight is 431 g/mol. The molecule has 3 aromatic rings. The first-order valence-electron chi connectivity index (χ1n) is 9.37. The molecule has 30 heavy (non-hydrogen) atoms. The van der Waals surface area contributed by atoms with E-state index in [1.165, 1.54) is 15.6 Å². The average Bonchev–Trinajstić information content (AvgIpc) is 3.32. The van der Waals surface area contributed by atoms with Crippen LogP contribution in [0.2, 0.25) is 5.02 Å². The molecule has 2 amide bonds. The van der Waals surface area contributed by atoms with Crippen LogP contribution in [0.1, 0.15) is 34.8 Å². The molecule has 0 aliphatic heterocycles. The Balaban J connectivity index is 1.65. The van der Waals surface area contributed by atoms with Gasteiger partial charge >= 0.3 is 0 Å². The molecule has 0 aliphatic rings. The molecule has 0 unspecified atom stereocenters. The normalized spacial score (nSPS) is 10.8. The summed E-state index contributed by atoms with van der Waals surface area (Å²) in [5.74, 6) is 0.0559. The third-order valence-electron chi connectivity index (χ3n) is 4.14. The number of aryl methyl sites for hydroxylation is 1. The van der Waals surface area contributed by atoms with E-state index in [1.807, 2.05) is 19.9 Å². The summed E-state index contributed by atoms with van der Waals surface area (Å²) >= 11 is 6.06. The molecule has 0 spiro atoms. The van der Waals surface area contributed by atoms with E-state index in [9.17, 15) is 9.59 Å². The first kappa shape index (κ1) is 21.4. The molecule has 2 aromatic heterocycles. The van der Waals surface area contributed by atoms with E-state index in [1.54, 1.807) is 37.5 Å². The predicted octanol–water partition coefficient (Wildman–Crippen LogP) is 2.94. The highest BCUT2D eigenvalue weighted by Gasteiger charge is 2.20. The van der Waals surface area contributed by atoms with Crippen molar-refractivity contribution in [3.05, 3.63) is 59.1 Å². The zero-order valence-electron chi connectivity index (χ0n) is 16.9. The van der Waals surface area contributed by atoms with E-state index in [4.69, 9.17) is 16.3 Å². The number of nitrogens with one attached hydrogen (secondary N) is 2. The van der Waals surface area contributed by atoms with Crippen LogP contribution in [0.4, 0.5) is 5.69 Å². The lowest BCUT2D eigenvalue weighted by Gasteiger charge is -2.10. The second kappa shape index (κ2) is 9.45. The van der Waals surface area contributed by atoms with Gasteiger partial charge in [0, 0.05) is 19.8 Å². The van der Waals surface area contributed by atoms with Crippen LogP contribution in [0.15, 0.2) is 42.7 Å². The number of hydrogen-bond donors (Lipinski definition) is 2. The molecular formula is C20H23ClN6O3. The number of halogens is 1. The summed E-state index contributed by atoms with van der Waals surface area (Å²) in [6.45, 7) is 4.61. The second-order valence-electron chi connectivity index (χ2n) is 7.03. The largest absolute Gasteiger partial charge is 0.470 e. The SMILES string of the molecule is CC(C)CNC(=O)c1c(NC(=O)c2ccn(COc3ccccc3Cl)n2)cnn1C. The van der Waals surface area contributed by atoms with Crippen molar-refractivity contribution < 1.29 is 14.3 Å². The number of ether oxygens (including phenoxy) is 1. The van der Waals surface area contributed by atoms with Gasteiger partial charge in [0.15, 0.2) is 12.4 Å². The molecule has 0 atom stereocenters. The monoisotopic (exact) mass is 430 g/mol. The highest BCUT2D eigenvalue weighted by molar-refractivity contribution is 6.32. The summed E-state index contributed by atoms with van der Waals surface area (Å²) in [6.07, 6.45) is 3.05. The van der Waals surface area contributed by atoms with Crippen molar-refractivity contribution in [3.8, 4) is 5.75 Å². The van der Waals surface area contributed by atoms with Crippen molar-refractivity contribution in [2.75, 3.05) is 11.9 Å². The lowest BCUT2D eigenvalue weighted by Crippen LogP contribution is -2.30. The summed E-state index contributed by atoms with van der Waals surface area (Å²) in [4.78, 5) is 25.0. The fourth-order valence-corrected chi connectivity index (χ4v) is 2.81. The number of carbonyl (C=O) groups is 2. The molecule has 2 N–H and O–H groups in total. The maximum Gasteiger partial charge on any atom is 0.276 e. The Morgan fingerprint density at radius 2 is 1.97 bits per heavy atom. The molecule has 158 valence electrons. The van der Waals surface area contributed by atoms with Crippen molar-refractivity contribution in [2.45, 2.75) is 20.6 Å². The number of carbonyl (C=O) groups excluding carboxylic acids is 2.